The highest BCUT2D eigenvalue weighted by atomic mass is 79.9. The van der Waals surface area contributed by atoms with Crippen LogP contribution in [0.3, 0.4) is 0 Å². The monoisotopic (exact) mass is 554 g/mol. The van der Waals surface area contributed by atoms with Crippen LogP contribution in [-0.2, 0) is 12.8 Å². The fraction of sp³-hybridized carbons (Fsp3) is 0.786. The molecule has 0 amide bonds. The van der Waals surface area contributed by atoms with E-state index in [2.05, 4.69) is 83.1 Å². The van der Waals surface area contributed by atoms with Crippen molar-refractivity contribution < 1.29 is 0 Å². The zero-order valence-electron chi connectivity index (χ0n) is 23.0. The molecule has 2 atom stereocenters. The van der Waals surface area contributed by atoms with E-state index < -0.39 is 0 Å². The molecule has 0 aliphatic rings. The number of hydrogen-bond acceptors (Lipinski definition) is 6. The maximum Gasteiger partial charge on any atom is 0.0180 e. The van der Waals surface area contributed by atoms with E-state index in [1.165, 1.54) is 11.1 Å². The Bertz CT molecular complexity index is 590. The van der Waals surface area contributed by atoms with Gasteiger partial charge in [-0.15, -0.1) is 0 Å². The lowest BCUT2D eigenvalue weighted by Crippen LogP contribution is -2.31. The molecular formula is C28H55BrN6. The van der Waals surface area contributed by atoms with Crippen molar-refractivity contribution in [3.63, 3.8) is 0 Å². The van der Waals surface area contributed by atoms with Crippen LogP contribution in [0.5, 0.6) is 0 Å². The molecule has 0 aliphatic carbocycles. The molecule has 1 aromatic carbocycles. The van der Waals surface area contributed by atoms with Gasteiger partial charge in [-0.05, 0) is 126 Å². The lowest BCUT2D eigenvalue weighted by atomic mass is 9.98. The average molecular weight is 556 g/mol. The summed E-state index contributed by atoms with van der Waals surface area (Å²) in [6.07, 6.45) is 6.07. The van der Waals surface area contributed by atoms with Crippen LogP contribution in [-0.4, -0.2) is 64.4 Å². The van der Waals surface area contributed by atoms with E-state index in [-0.39, 0.29) is 12.1 Å². The fourth-order valence-corrected chi connectivity index (χ4v) is 4.63. The second-order valence-corrected chi connectivity index (χ2v) is 11.8. The van der Waals surface area contributed by atoms with Gasteiger partial charge >= 0.3 is 0 Å². The molecule has 0 radical (unpaired) electrons. The SMILES string of the molecule is CC(C)CNCCCNCCC(N)Cc1cc(Br)cc(CC(N)CCNCCCNCC(C)C)c1. The number of halogens is 1. The van der Waals surface area contributed by atoms with Crippen molar-refractivity contribution in [1.29, 1.82) is 0 Å². The highest BCUT2D eigenvalue weighted by Gasteiger charge is 2.09. The Hall–Kier alpha value is -0.540. The lowest BCUT2D eigenvalue weighted by Gasteiger charge is -2.16. The van der Waals surface area contributed by atoms with Crippen molar-refractivity contribution in [3.05, 3.63) is 33.8 Å². The van der Waals surface area contributed by atoms with Gasteiger partial charge in [0.15, 0.2) is 0 Å². The predicted octanol–water partition coefficient (Wildman–Crippen LogP) is 3.42. The fourth-order valence-electron chi connectivity index (χ4n) is 4.05. The average Bonchev–Trinajstić information content (AvgIpc) is 2.76. The molecule has 2 unspecified atom stereocenters. The van der Waals surface area contributed by atoms with Gasteiger partial charge < -0.3 is 32.7 Å². The molecular weight excluding hydrogens is 500 g/mol. The van der Waals surface area contributed by atoms with Crippen LogP contribution < -0.4 is 32.7 Å². The summed E-state index contributed by atoms with van der Waals surface area (Å²) in [5.74, 6) is 1.42. The molecule has 0 spiro atoms. The predicted molar refractivity (Wildman–Crippen MR) is 157 cm³/mol. The van der Waals surface area contributed by atoms with Gasteiger partial charge in [0.2, 0.25) is 0 Å². The van der Waals surface area contributed by atoms with Crippen LogP contribution in [0.1, 0.15) is 64.5 Å². The highest BCUT2D eigenvalue weighted by molar-refractivity contribution is 9.10. The normalized spacial score (nSPS) is 13.6. The second-order valence-electron chi connectivity index (χ2n) is 10.9. The second kappa shape index (κ2) is 20.5. The summed E-state index contributed by atoms with van der Waals surface area (Å²) in [5.41, 5.74) is 15.5. The Kier molecular flexibility index (Phi) is 19.0. The summed E-state index contributed by atoms with van der Waals surface area (Å²) in [4.78, 5) is 0. The molecule has 204 valence electrons. The van der Waals surface area contributed by atoms with E-state index in [1.807, 2.05) is 0 Å². The van der Waals surface area contributed by atoms with Gasteiger partial charge in [0, 0.05) is 16.6 Å². The van der Waals surface area contributed by atoms with Gasteiger partial charge in [-0.2, -0.15) is 0 Å². The lowest BCUT2D eigenvalue weighted by molar-refractivity contribution is 0.515. The first kappa shape index (κ1) is 32.5. The number of benzene rings is 1. The largest absolute Gasteiger partial charge is 0.327 e. The molecule has 6 nitrogen and oxygen atoms in total. The summed E-state index contributed by atoms with van der Waals surface area (Å²) in [6.45, 7) is 17.3. The zero-order valence-corrected chi connectivity index (χ0v) is 24.6. The van der Waals surface area contributed by atoms with Gasteiger partial charge in [0.1, 0.15) is 0 Å². The van der Waals surface area contributed by atoms with Gasteiger partial charge in [0.05, 0.1) is 0 Å². The van der Waals surface area contributed by atoms with E-state index >= 15 is 0 Å². The third kappa shape index (κ3) is 19.3. The molecule has 35 heavy (non-hydrogen) atoms. The van der Waals surface area contributed by atoms with E-state index in [0.29, 0.717) is 11.8 Å². The van der Waals surface area contributed by atoms with E-state index in [4.69, 9.17) is 11.5 Å². The first-order valence-electron chi connectivity index (χ1n) is 13.9. The van der Waals surface area contributed by atoms with Crippen molar-refractivity contribution >= 4 is 15.9 Å². The topological polar surface area (TPSA) is 100 Å². The van der Waals surface area contributed by atoms with Crippen LogP contribution in [0.15, 0.2) is 22.7 Å². The summed E-state index contributed by atoms with van der Waals surface area (Å²) >= 11 is 3.68. The standard InChI is InChI=1S/C28H55BrN6/c1-22(2)20-34-11-5-9-32-13-7-27(30)18-24-15-25(17-26(29)16-24)19-28(31)8-14-33-10-6-12-35-21-23(3)4/h15-17,22-23,27-28,32-35H,5-14,18-21,30-31H2,1-4H3. The summed E-state index contributed by atoms with van der Waals surface area (Å²) in [7, 11) is 0. The minimum atomic E-state index is 0.164. The zero-order chi connectivity index (χ0) is 25.9. The minimum Gasteiger partial charge on any atom is -0.327 e. The highest BCUT2D eigenvalue weighted by Crippen LogP contribution is 2.19. The summed E-state index contributed by atoms with van der Waals surface area (Å²) in [5, 5.41) is 14.0. The molecule has 1 rings (SSSR count). The van der Waals surface area contributed by atoms with Crippen molar-refractivity contribution in [2.24, 2.45) is 23.3 Å². The first-order valence-corrected chi connectivity index (χ1v) is 14.7. The van der Waals surface area contributed by atoms with Crippen LogP contribution >= 0.6 is 15.9 Å². The molecule has 0 saturated carbocycles. The van der Waals surface area contributed by atoms with Crippen molar-refractivity contribution in [2.75, 3.05) is 52.4 Å². The van der Waals surface area contributed by atoms with Crippen molar-refractivity contribution in [2.45, 2.75) is 78.3 Å². The summed E-state index contributed by atoms with van der Waals surface area (Å²) < 4.78 is 1.11. The van der Waals surface area contributed by atoms with Crippen molar-refractivity contribution in [1.82, 2.24) is 21.3 Å². The molecule has 0 fully saturated rings. The van der Waals surface area contributed by atoms with Crippen LogP contribution in [0.25, 0.3) is 0 Å². The van der Waals surface area contributed by atoms with Crippen LogP contribution in [0.4, 0.5) is 0 Å². The Morgan fingerprint density at radius 3 is 1.43 bits per heavy atom. The van der Waals surface area contributed by atoms with E-state index in [9.17, 15) is 0 Å². The molecule has 0 bridgehead atoms. The van der Waals surface area contributed by atoms with Crippen LogP contribution in [0, 0.1) is 11.8 Å². The van der Waals surface area contributed by atoms with Gasteiger partial charge in [-0.25, -0.2) is 0 Å². The molecule has 1 aromatic rings. The molecule has 0 heterocycles. The van der Waals surface area contributed by atoms with Crippen LogP contribution in [0.2, 0.25) is 0 Å². The minimum absolute atomic E-state index is 0.164. The molecule has 7 heteroatoms. The smallest absolute Gasteiger partial charge is 0.0180 e. The maximum atomic E-state index is 6.44. The number of rotatable bonds is 22. The van der Waals surface area contributed by atoms with Gasteiger partial charge in [-0.3, -0.25) is 0 Å². The van der Waals surface area contributed by atoms with Crippen molar-refractivity contribution in [3.8, 4) is 0 Å². The molecule has 0 aromatic heterocycles. The number of hydrogen-bond donors (Lipinski definition) is 6. The number of nitrogens with one attached hydrogen (secondary N) is 4. The molecule has 8 N–H and O–H groups in total. The van der Waals surface area contributed by atoms with E-state index in [0.717, 1.165) is 95.4 Å². The Balaban J connectivity index is 2.21. The Morgan fingerprint density at radius 2 is 1.03 bits per heavy atom. The first-order chi connectivity index (χ1) is 16.8. The third-order valence-electron chi connectivity index (χ3n) is 5.92. The summed E-state index contributed by atoms with van der Waals surface area (Å²) in [6, 6.07) is 7.00. The molecule has 0 saturated heterocycles. The maximum absolute atomic E-state index is 6.44. The van der Waals surface area contributed by atoms with E-state index in [1.54, 1.807) is 0 Å². The number of nitrogens with two attached hydrogens (primary N) is 2. The third-order valence-corrected chi connectivity index (χ3v) is 6.37. The van der Waals surface area contributed by atoms with Gasteiger partial charge in [-0.1, -0.05) is 49.7 Å². The molecule has 0 aliphatic heterocycles. The Morgan fingerprint density at radius 1 is 0.629 bits per heavy atom. The Labute approximate surface area is 224 Å². The quantitative estimate of drug-likeness (QED) is 0.123. The van der Waals surface area contributed by atoms with Gasteiger partial charge in [0.25, 0.3) is 0 Å².